The quantitative estimate of drug-likeness (QED) is 0.129. The Morgan fingerprint density at radius 2 is 1.38 bits per heavy atom. The first kappa shape index (κ1) is 36.4. The predicted octanol–water partition coefficient (Wildman–Crippen LogP) is 6.19. The lowest BCUT2D eigenvalue weighted by molar-refractivity contribution is 0.0226. The normalized spacial score (nSPS) is 14.3. The molecule has 0 aliphatic heterocycles. The molecule has 0 bridgehead atoms. The number of hydrogen-bond donors (Lipinski definition) is 2. The van der Waals surface area contributed by atoms with Crippen molar-refractivity contribution in [2.75, 3.05) is 26.6 Å². The van der Waals surface area contributed by atoms with Crippen molar-refractivity contribution < 1.29 is 32.4 Å². The maximum atomic E-state index is 13.8. The third-order valence-corrected chi connectivity index (χ3v) is 11.3. The molecule has 3 aromatic rings. The Balaban J connectivity index is 2.03. The minimum Gasteiger partial charge on any atom is -0.497 e. The van der Waals surface area contributed by atoms with Crippen molar-refractivity contribution in [3.05, 3.63) is 95.6 Å². The number of nitriles is 1. The van der Waals surface area contributed by atoms with E-state index in [2.05, 4.69) is 0 Å². The molecule has 0 radical (unpaired) electrons. The predicted molar refractivity (Wildman–Crippen MR) is 178 cm³/mol. The summed E-state index contributed by atoms with van der Waals surface area (Å²) in [6.07, 6.45) is 1.09. The van der Waals surface area contributed by atoms with Crippen molar-refractivity contribution >= 4 is 18.4 Å². The van der Waals surface area contributed by atoms with Crippen molar-refractivity contribution in [1.82, 2.24) is 4.67 Å². The van der Waals surface area contributed by atoms with E-state index >= 15 is 0 Å². The molecule has 45 heavy (non-hydrogen) atoms. The van der Waals surface area contributed by atoms with Gasteiger partial charge in [0.1, 0.15) is 22.4 Å². The van der Waals surface area contributed by atoms with E-state index in [0.717, 1.165) is 16.7 Å². The van der Waals surface area contributed by atoms with Crippen LogP contribution in [0.3, 0.4) is 0 Å². The molecule has 2 N–H and O–H groups in total. The van der Waals surface area contributed by atoms with Gasteiger partial charge in [-0.1, -0.05) is 67.9 Å². The molecule has 0 saturated heterocycles. The van der Waals surface area contributed by atoms with Crippen LogP contribution in [0.15, 0.2) is 78.9 Å². The Kier molecular flexibility index (Phi) is 13.0. The van der Waals surface area contributed by atoms with E-state index in [0.29, 0.717) is 24.3 Å². The zero-order valence-electron chi connectivity index (χ0n) is 26.9. The van der Waals surface area contributed by atoms with Gasteiger partial charge in [-0.3, -0.25) is 0 Å². The molecular weight excluding hydrogens is 611 g/mol. The van der Waals surface area contributed by atoms with Gasteiger partial charge < -0.3 is 24.0 Å². The fraction of sp³-hybridized carbons (Fsp3) is 0.441. The molecule has 0 spiro atoms. The minimum atomic E-state index is -4.01. The number of rotatable bonds is 17. The second-order valence-electron chi connectivity index (χ2n) is 11.5. The molecule has 11 heteroatoms. The molecule has 0 saturated carbocycles. The lowest BCUT2D eigenvalue weighted by Crippen LogP contribution is -2.49. The standard InChI is InChI=1S/C34H45N2O7PS/c1-7-21-33(4,36(26(2)3)44(37)38)24-32(25-35)45(39,40)23-22-43-34(27-11-9-8-10-12-27,28-13-17-30(41-5)18-14-28)29-15-19-31(42-6)20-16-29/h8-20,26,32,37-38H,7,21-24H2,1-6H3. The van der Waals surface area contributed by atoms with Crippen LogP contribution < -0.4 is 9.47 Å². The Bertz CT molecular complexity index is 1440. The van der Waals surface area contributed by atoms with Crippen molar-refractivity contribution in [2.45, 2.75) is 69.4 Å². The van der Waals surface area contributed by atoms with Gasteiger partial charge in [0.05, 0.1) is 32.6 Å². The van der Waals surface area contributed by atoms with Gasteiger partial charge in [0.15, 0.2) is 9.84 Å². The summed E-state index contributed by atoms with van der Waals surface area (Å²) in [5.41, 5.74) is 0.183. The average Bonchev–Trinajstić information content (AvgIpc) is 3.02. The first-order valence-corrected chi connectivity index (χ1v) is 17.9. The summed E-state index contributed by atoms with van der Waals surface area (Å²) in [6, 6.07) is 26.2. The first-order chi connectivity index (χ1) is 21.4. The zero-order chi connectivity index (χ0) is 33.3. The molecule has 2 atom stereocenters. The molecule has 9 nitrogen and oxygen atoms in total. The van der Waals surface area contributed by atoms with Crippen LogP contribution in [0.5, 0.6) is 11.5 Å². The highest BCUT2D eigenvalue weighted by molar-refractivity contribution is 7.92. The summed E-state index contributed by atoms with van der Waals surface area (Å²) in [5.74, 6) is 0.910. The van der Waals surface area contributed by atoms with Gasteiger partial charge in [0.2, 0.25) is 0 Å². The fourth-order valence-electron chi connectivity index (χ4n) is 6.07. The maximum Gasteiger partial charge on any atom is 0.253 e. The molecule has 3 rings (SSSR count). The molecule has 0 amide bonds. The second-order valence-corrected chi connectivity index (χ2v) is 14.8. The van der Waals surface area contributed by atoms with Crippen LogP contribution >= 0.6 is 8.53 Å². The number of sulfone groups is 1. The highest BCUT2D eigenvalue weighted by atomic mass is 32.2. The van der Waals surface area contributed by atoms with E-state index in [1.54, 1.807) is 21.1 Å². The van der Waals surface area contributed by atoms with E-state index in [1.807, 2.05) is 106 Å². The number of nitrogens with zero attached hydrogens (tertiary/aromatic N) is 2. The van der Waals surface area contributed by atoms with E-state index in [-0.39, 0.29) is 19.1 Å². The molecule has 2 unspecified atom stereocenters. The van der Waals surface area contributed by atoms with Crippen molar-refractivity contribution in [1.29, 1.82) is 5.26 Å². The average molecular weight is 657 g/mol. The van der Waals surface area contributed by atoms with E-state index in [4.69, 9.17) is 14.2 Å². The van der Waals surface area contributed by atoms with Crippen LogP contribution in [0.2, 0.25) is 0 Å². The van der Waals surface area contributed by atoms with Gasteiger partial charge in [-0.15, -0.1) is 0 Å². The van der Waals surface area contributed by atoms with Crippen LogP contribution in [0.1, 0.15) is 63.6 Å². The Morgan fingerprint density at radius 3 is 1.78 bits per heavy atom. The molecule has 0 aliphatic rings. The van der Waals surface area contributed by atoms with E-state index < -0.39 is 40.5 Å². The third-order valence-electron chi connectivity index (χ3n) is 8.09. The molecular formula is C34H45N2O7PS. The zero-order valence-corrected chi connectivity index (χ0v) is 28.6. The van der Waals surface area contributed by atoms with Crippen LogP contribution in [0.25, 0.3) is 0 Å². The van der Waals surface area contributed by atoms with Crippen molar-refractivity contribution in [2.24, 2.45) is 0 Å². The first-order valence-electron chi connectivity index (χ1n) is 14.9. The Hall–Kier alpha value is -3.03. The molecule has 0 fully saturated rings. The van der Waals surface area contributed by atoms with Crippen LogP contribution in [-0.2, 0) is 20.2 Å². The van der Waals surface area contributed by atoms with Gasteiger partial charge in [-0.05, 0) is 74.6 Å². The summed E-state index contributed by atoms with van der Waals surface area (Å²) < 4.78 is 46.6. The van der Waals surface area contributed by atoms with Gasteiger partial charge in [-0.25, -0.2) is 13.1 Å². The highest BCUT2D eigenvalue weighted by Gasteiger charge is 2.43. The van der Waals surface area contributed by atoms with E-state index in [1.165, 1.54) is 4.67 Å². The number of hydrogen-bond acceptors (Lipinski definition) is 9. The second kappa shape index (κ2) is 16.0. The molecule has 3 aromatic carbocycles. The van der Waals surface area contributed by atoms with Crippen LogP contribution in [0.4, 0.5) is 0 Å². The smallest absolute Gasteiger partial charge is 0.253 e. The lowest BCUT2D eigenvalue weighted by Gasteiger charge is -2.44. The third kappa shape index (κ3) is 8.42. The molecule has 244 valence electrons. The SMILES string of the molecule is CCCC(C)(CC(C#N)S(=O)(=O)CCOC(c1ccccc1)(c1ccc(OC)cc1)c1ccc(OC)cc1)N(C(C)C)P(O)O. The summed E-state index contributed by atoms with van der Waals surface area (Å²) >= 11 is 0. The van der Waals surface area contributed by atoms with Crippen molar-refractivity contribution in [3.63, 3.8) is 0 Å². The maximum absolute atomic E-state index is 13.8. The Labute approximate surface area is 269 Å². The summed E-state index contributed by atoms with van der Waals surface area (Å²) in [5, 5.41) is 8.74. The summed E-state index contributed by atoms with van der Waals surface area (Å²) in [4.78, 5) is 20.5. The molecule has 0 aliphatic carbocycles. The monoisotopic (exact) mass is 656 g/mol. The fourth-order valence-corrected chi connectivity index (χ4v) is 8.47. The van der Waals surface area contributed by atoms with Gasteiger partial charge >= 0.3 is 0 Å². The van der Waals surface area contributed by atoms with E-state index in [9.17, 15) is 23.5 Å². The van der Waals surface area contributed by atoms with Gasteiger partial charge in [0.25, 0.3) is 8.53 Å². The number of ether oxygens (including phenoxy) is 3. The van der Waals surface area contributed by atoms with Crippen LogP contribution in [0, 0.1) is 11.3 Å². The lowest BCUT2D eigenvalue weighted by atomic mass is 9.80. The summed E-state index contributed by atoms with van der Waals surface area (Å²) in [7, 11) is -3.33. The van der Waals surface area contributed by atoms with Gasteiger partial charge in [0, 0.05) is 11.6 Å². The highest BCUT2D eigenvalue weighted by Crippen LogP contribution is 2.45. The topological polar surface area (TPSA) is 129 Å². The largest absolute Gasteiger partial charge is 0.497 e. The Morgan fingerprint density at radius 1 is 0.889 bits per heavy atom. The van der Waals surface area contributed by atoms with Crippen molar-refractivity contribution in [3.8, 4) is 17.6 Å². The van der Waals surface area contributed by atoms with Crippen LogP contribution in [-0.4, -0.2) is 66.3 Å². The summed E-state index contributed by atoms with van der Waals surface area (Å²) in [6.45, 7) is 7.17. The molecule has 0 aromatic heterocycles. The van der Waals surface area contributed by atoms with Gasteiger partial charge in [-0.2, -0.15) is 5.26 Å². The molecule has 0 heterocycles. The minimum absolute atomic E-state index is 0.0708. The number of methoxy groups -OCH3 is 2. The number of benzene rings is 3.